The first kappa shape index (κ1) is 23.4. The lowest BCUT2D eigenvalue weighted by Crippen LogP contribution is -2.32. The van der Waals surface area contributed by atoms with Crippen molar-refractivity contribution < 1.29 is 23.5 Å². The van der Waals surface area contributed by atoms with Gasteiger partial charge in [-0.25, -0.2) is 9.18 Å². The van der Waals surface area contributed by atoms with E-state index in [4.69, 9.17) is 9.47 Å². The maximum Gasteiger partial charge on any atom is 0.341 e. The number of fused-ring (bicyclic) bond motifs is 1. The van der Waals surface area contributed by atoms with Gasteiger partial charge in [0.05, 0.1) is 30.8 Å². The lowest BCUT2D eigenvalue weighted by molar-refractivity contribution is -0.115. The topological polar surface area (TPSA) is 64.6 Å². The van der Waals surface area contributed by atoms with Gasteiger partial charge in [0.25, 0.3) is 0 Å². The van der Waals surface area contributed by atoms with Crippen molar-refractivity contribution in [3.05, 3.63) is 51.7 Å². The van der Waals surface area contributed by atoms with Gasteiger partial charge >= 0.3 is 5.97 Å². The van der Waals surface area contributed by atoms with E-state index in [9.17, 15) is 14.0 Å². The largest absolute Gasteiger partial charge is 0.462 e. The first-order chi connectivity index (χ1) is 14.7. The Labute approximate surface area is 186 Å². The van der Waals surface area contributed by atoms with Gasteiger partial charge in [-0.15, -0.1) is 11.3 Å². The average molecular weight is 448 g/mol. The number of carbonyl (C=O) groups excluding carboxylic acids is 2. The summed E-state index contributed by atoms with van der Waals surface area (Å²) in [7, 11) is 0. The third-order valence-electron chi connectivity index (χ3n) is 5.36. The van der Waals surface area contributed by atoms with E-state index >= 15 is 0 Å². The molecule has 0 unspecified atom stereocenters. The summed E-state index contributed by atoms with van der Waals surface area (Å²) in [6.45, 7) is 10.4. The number of halogens is 1. The van der Waals surface area contributed by atoms with Crippen molar-refractivity contribution >= 4 is 28.2 Å². The number of hydrogen-bond donors (Lipinski definition) is 1. The van der Waals surface area contributed by atoms with Gasteiger partial charge in [-0.1, -0.05) is 39.8 Å². The van der Waals surface area contributed by atoms with Crippen LogP contribution >= 0.6 is 11.3 Å². The zero-order valence-corrected chi connectivity index (χ0v) is 19.5. The van der Waals surface area contributed by atoms with Crippen LogP contribution in [0.2, 0.25) is 0 Å². The quantitative estimate of drug-likeness (QED) is 0.566. The molecule has 1 N–H and O–H groups in total. The summed E-state index contributed by atoms with van der Waals surface area (Å²) in [5.41, 5.74) is 1.90. The van der Waals surface area contributed by atoms with Crippen LogP contribution in [0.3, 0.4) is 0 Å². The Morgan fingerprint density at radius 2 is 2.00 bits per heavy atom. The molecular weight excluding hydrogens is 417 g/mol. The lowest BCUT2D eigenvalue weighted by atomic mass is 9.89. The molecule has 7 heteroatoms. The standard InChI is InChI=1S/C24H30FNO4S/c1-6-29-24(28)20-17-12-18(13(2)3)30-21(14(4)5)22(17)31-23(20)26-19(27)11-15-8-7-9-16(25)10-15/h7-10,13-14,18,21H,6,11-12H2,1-5H3,(H,26,27)/t18-,21-/m1/s1. The molecule has 0 radical (unpaired) electrons. The molecule has 5 nitrogen and oxygen atoms in total. The van der Waals surface area contributed by atoms with E-state index in [0.29, 0.717) is 22.5 Å². The number of rotatable bonds is 7. The first-order valence-corrected chi connectivity index (χ1v) is 11.5. The van der Waals surface area contributed by atoms with Crippen molar-refractivity contribution in [2.45, 2.75) is 59.7 Å². The number of amides is 1. The number of hydrogen-bond acceptors (Lipinski definition) is 5. The smallest absolute Gasteiger partial charge is 0.341 e. The van der Waals surface area contributed by atoms with Gasteiger partial charge in [0, 0.05) is 11.3 Å². The van der Waals surface area contributed by atoms with Crippen LogP contribution in [0.5, 0.6) is 0 Å². The summed E-state index contributed by atoms with van der Waals surface area (Å²) in [5.74, 6) is -0.633. The van der Waals surface area contributed by atoms with Crippen LogP contribution in [0.1, 0.15) is 67.1 Å². The van der Waals surface area contributed by atoms with E-state index in [-0.39, 0.29) is 48.8 Å². The van der Waals surface area contributed by atoms with Crippen LogP contribution in [0.25, 0.3) is 0 Å². The Hall–Kier alpha value is -2.25. The van der Waals surface area contributed by atoms with Gasteiger partial charge < -0.3 is 14.8 Å². The van der Waals surface area contributed by atoms with Gasteiger partial charge in [-0.05, 0) is 42.0 Å². The van der Waals surface area contributed by atoms with Crippen LogP contribution in [0.4, 0.5) is 9.39 Å². The molecule has 2 heterocycles. The summed E-state index contributed by atoms with van der Waals surface area (Å²) in [5, 5.41) is 3.35. The Kier molecular flexibility index (Phi) is 7.49. The SMILES string of the molecule is CCOC(=O)c1c(NC(=O)Cc2cccc(F)c2)sc2c1C[C@H](C(C)C)O[C@@H]2C(C)C. The van der Waals surface area contributed by atoms with Crippen molar-refractivity contribution in [1.29, 1.82) is 0 Å². The second kappa shape index (κ2) is 9.92. The summed E-state index contributed by atoms with van der Waals surface area (Å²) in [6.07, 6.45) is 0.448. The average Bonchev–Trinajstić information content (AvgIpc) is 3.04. The molecule has 2 aromatic rings. The zero-order chi connectivity index (χ0) is 22.7. The predicted octanol–water partition coefficient (Wildman–Crippen LogP) is 5.54. The highest BCUT2D eigenvalue weighted by atomic mass is 32.1. The molecule has 0 fully saturated rings. The highest BCUT2D eigenvalue weighted by molar-refractivity contribution is 7.17. The molecule has 1 aliphatic heterocycles. The summed E-state index contributed by atoms with van der Waals surface area (Å²) >= 11 is 1.38. The van der Waals surface area contributed by atoms with Crippen LogP contribution in [-0.4, -0.2) is 24.6 Å². The molecule has 0 aliphatic carbocycles. The van der Waals surface area contributed by atoms with Crippen molar-refractivity contribution in [2.24, 2.45) is 11.8 Å². The Bertz CT molecular complexity index is 953. The van der Waals surface area contributed by atoms with Gasteiger partial charge in [0.15, 0.2) is 0 Å². The van der Waals surface area contributed by atoms with Crippen LogP contribution in [0.15, 0.2) is 24.3 Å². The fourth-order valence-electron chi connectivity index (χ4n) is 3.78. The third kappa shape index (κ3) is 5.33. The van der Waals surface area contributed by atoms with Crippen LogP contribution in [0, 0.1) is 17.7 Å². The third-order valence-corrected chi connectivity index (χ3v) is 6.57. The molecule has 0 saturated carbocycles. The van der Waals surface area contributed by atoms with Crippen LogP contribution in [-0.2, 0) is 27.1 Å². The van der Waals surface area contributed by atoms with Gasteiger partial charge in [-0.3, -0.25) is 4.79 Å². The molecule has 1 amide bonds. The van der Waals surface area contributed by atoms with E-state index < -0.39 is 5.97 Å². The molecule has 0 saturated heterocycles. The highest BCUT2D eigenvalue weighted by Gasteiger charge is 2.38. The number of carbonyl (C=O) groups is 2. The Balaban J connectivity index is 1.97. The number of benzene rings is 1. The Morgan fingerprint density at radius 1 is 1.26 bits per heavy atom. The zero-order valence-electron chi connectivity index (χ0n) is 18.7. The van der Waals surface area contributed by atoms with Crippen molar-refractivity contribution in [1.82, 2.24) is 0 Å². The molecule has 31 heavy (non-hydrogen) atoms. The summed E-state index contributed by atoms with van der Waals surface area (Å²) < 4.78 is 25.2. The first-order valence-electron chi connectivity index (χ1n) is 10.7. The summed E-state index contributed by atoms with van der Waals surface area (Å²) in [4.78, 5) is 26.6. The van der Waals surface area contributed by atoms with Gasteiger partial charge in [-0.2, -0.15) is 0 Å². The minimum absolute atomic E-state index is 0.0152. The lowest BCUT2D eigenvalue weighted by Gasteiger charge is -2.34. The molecule has 1 aromatic carbocycles. The van der Waals surface area contributed by atoms with Gasteiger partial charge in [0.1, 0.15) is 10.8 Å². The van der Waals surface area contributed by atoms with E-state index in [0.717, 1.165) is 10.4 Å². The van der Waals surface area contributed by atoms with Crippen molar-refractivity contribution in [3.63, 3.8) is 0 Å². The maximum atomic E-state index is 13.5. The number of esters is 1. The normalized spacial score (nSPS) is 18.2. The minimum atomic E-state index is -0.437. The van der Waals surface area contributed by atoms with E-state index in [1.807, 2.05) is 0 Å². The molecule has 2 atom stereocenters. The molecule has 1 aliphatic rings. The molecule has 1 aromatic heterocycles. The number of anilines is 1. The molecule has 0 bridgehead atoms. The van der Waals surface area contributed by atoms with Crippen molar-refractivity contribution in [3.8, 4) is 0 Å². The predicted molar refractivity (Wildman–Crippen MR) is 120 cm³/mol. The molecule has 3 rings (SSSR count). The molecular formula is C24H30FNO4S. The summed E-state index contributed by atoms with van der Waals surface area (Å²) in [6, 6.07) is 5.94. The number of ether oxygens (including phenoxy) is 2. The second-order valence-corrected chi connectivity index (χ2v) is 9.56. The number of nitrogens with one attached hydrogen (secondary N) is 1. The fraction of sp³-hybridized carbons (Fsp3) is 0.500. The fourth-order valence-corrected chi connectivity index (χ4v) is 5.22. The molecule has 168 valence electrons. The van der Waals surface area contributed by atoms with Crippen LogP contribution < -0.4 is 5.32 Å². The van der Waals surface area contributed by atoms with E-state index in [1.165, 1.54) is 23.5 Å². The van der Waals surface area contributed by atoms with E-state index in [2.05, 4.69) is 33.0 Å². The second-order valence-electron chi connectivity index (χ2n) is 8.51. The highest BCUT2D eigenvalue weighted by Crippen LogP contribution is 2.46. The number of thiophene rings is 1. The Morgan fingerprint density at radius 3 is 2.61 bits per heavy atom. The van der Waals surface area contributed by atoms with Crippen molar-refractivity contribution in [2.75, 3.05) is 11.9 Å². The molecule has 0 spiro atoms. The van der Waals surface area contributed by atoms with Gasteiger partial charge in [0.2, 0.25) is 5.91 Å². The van der Waals surface area contributed by atoms with E-state index in [1.54, 1.807) is 19.1 Å². The maximum absolute atomic E-state index is 13.5. The monoisotopic (exact) mass is 447 g/mol. The minimum Gasteiger partial charge on any atom is -0.462 e.